The minimum atomic E-state index is -0.463. The maximum Gasteiger partial charge on any atom is 0.336 e. The molecule has 190 valence electrons. The van der Waals surface area contributed by atoms with Crippen LogP contribution in [0.3, 0.4) is 0 Å². The SMILES string of the molecule is C=C1CC[C@@H]2C(C)(C)[C@@H](OC(C)=O)CC[C@@]2(C)[C@@H]1COc1c(OC)cc2ccc(=O)oc2c1OC. The number of carbonyl (C=O) groups is 1. The van der Waals surface area contributed by atoms with Crippen molar-refractivity contribution in [3.8, 4) is 17.2 Å². The van der Waals surface area contributed by atoms with Crippen LogP contribution in [-0.2, 0) is 9.53 Å². The highest BCUT2D eigenvalue weighted by atomic mass is 16.5. The van der Waals surface area contributed by atoms with Crippen LogP contribution in [0.15, 0.2) is 39.6 Å². The predicted molar refractivity (Wildman–Crippen MR) is 133 cm³/mol. The van der Waals surface area contributed by atoms with Crippen molar-refractivity contribution in [2.75, 3.05) is 20.8 Å². The molecule has 0 N–H and O–H groups in total. The zero-order valence-electron chi connectivity index (χ0n) is 21.6. The summed E-state index contributed by atoms with van der Waals surface area (Å²) >= 11 is 0. The molecule has 2 fully saturated rings. The van der Waals surface area contributed by atoms with Crippen LogP contribution >= 0.6 is 0 Å². The van der Waals surface area contributed by atoms with Gasteiger partial charge in [-0.15, -0.1) is 0 Å². The van der Waals surface area contributed by atoms with Crippen molar-refractivity contribution < 1.29 is 28.2 Å². The van der Waals surface area contributed by atoms with E-state index in [9.17, 15) is 9.59 Å². The number of benzene rings is 1. The molecule has 35 heavy (non-hydrogen) atoms. The van der Waals surface area contributed by atoms with Crippen molar-refractivity contribution in [2.45, 2.75) is 59.5 Å². The maximum atomic E-state index is 11.9. The van der Waals surface area contributed by atoms with E-state index < -0.39 is 5.63 Å². The Morgan fingerprint density at radius 2 is 1.89 bits per heavy atom. The molecule has 7 nitrogen and oxygen atoms in total. The summed E-state index contributed by atoms with van der Waals surface area (Å²) in [6, 6.07) is 4.82. The first-order valence-corrected chi connectivity index (χ1v) is 12.2. The molecule has 2 saturated carbocycles. The van der Waals surface area contributed by atoms with E-state index in [1.807, 2.05) is 0 Å². The summed E-state index contributed by atoms with van der Waals surface area (Å²) in [7, 11) is 3.09. The Labute approximate surface area is 206 Å². The second-order valence-electron chi connectivity index (χ2n) is 10.7. The van der Waals surface area contributed by atoms with Gasteiger partial charge in [-0.05, 0) is 49.1 Å². The molecule has 2 aliphatic rings. The van der Waals surface area contributed by atoms with E-state index in [0.717, 1.165) is 31.3 Å². The molecule has 4 atom stereocenters. The number of fused-ring (bicyclic) bond motifs is 2. The van der Waals surface area contributed by atoms with Gasteiger partial charge in [0, 0.05) is 29.7 Å². The zero-order chi connectivity index (χ0) is 25.5. The lowest BCUT2D eigenvalue weighted by atomic mass is 9.47. The fourth-order valence-electron chi connectivity index (χ4n) is 6.65. The Morgan fingerprint density at radius 3 is 2.54 bits per heavy atom. The van der Waals surface area contributed by atoms with E-state index in [1.165, 1.54) is 20.1 Å². The van der Waals surface area contributed by atoms with Crippen molar-refractivity contribution >= 4 is 16.9 Å². The van der Waals surface area contributed by atoms with E-state index in [-0.39, 0.29) is 28.8 Å². The standard InChI is InChI=1S/C28H36O7/c1-16-8-10-21-27(3,4)22(34-17(2)29)12-13-28(21,5)19(16)15-33-25-20(31-6)14-18-9-11-23(30)35-24(18)26(25)32-7/h9,11,14,19,21-22H,1,8,10,12-13,15H2,2-7H3/t19-,21-,22+,28+/m1/s1. The lowest BCUT2D eigenvalue weighted by molar-refractivity contribution is -0.175. The average Bonchev–Trinajstić information content (AvgIpc) is 2.79. The summed E-state index contributed by atoms with van der Waals surface area (Å²) in [6.07, 6.45) is 3.51. The number of carbonyl (C=O) groups excluding carboxylic acids is 1. The number of hydrogen-bond donors (Lipinski definition) is 0. The largest absolute Gasteiger partial charge is 0.493 e. The Balaban J connectivity index is 1.67. The Morgan fingerprint density at radius 1 is 1.14 bits per heavy atom. The fourth-order valence-corrected chi connectivity index (χ4v) is 6.65. The second kappa shape index (κ2) is 9.25. The molecule has 1 aromatic carbocycles. The summed E-state index contributed by atoms with van der Waals surface area (Å²) in [4.78, 5) is 23.6. The van der Waals surface area contributed by atoms with Gasteiger partial charge < -0.3 is 23.4 Å². The van der Waals surface area contributed by atoms with Crippen LogP contribution in [-0.4, -0.2) is 32.9 Å². The molecule has 2 aromatic rings. The van der Waals surface area contributed by atoms with E-state index in [4.69, 9.17) is 23.4 Å². The quantitative estimate of drug-likeness (QED) is 0.303. The highest BCUT2D eigenvalue weighted by Gasteiger charge is 2.57. The summed E-state index contributed by atoms with van der Waals surface area (Å²) in [6.45, 7) is 13.0. The highest BCUT2D eigenvalue weighted by Crippen LogP contribution is 2.61. The second-order valence-corrected chi connectivity index (χ2v) is 10.7. The molecule has 0 amide bonds. The monoisotopic (exact) mass is 484 g/mol. The first-order valence-electron chi connectivity index (χ1n) is 12.2. The number of ether oxygens (including phenoxy) is 4. The number of esters is 1. The van der Waals surface area contributed by atoms with E-state index >= 15 is 0 Å². The molecule has 1 heterocycles. The van der Waals surface area contributed by atoms with Gasteiger partial charge in [0.1, 0.15) is 6.10 Å². The molecule has 0 unspecified atom stereocenters. The summed E-state index contributed by atoms with van der Waals surface area (Å²) < 4.78 is 28.8. The minimum absolute atomic E-state index is 0.0701. The molecule has 0 aliphatic heterocycles. The van der Waals surface area contributed by atoms with Crippen molar-refractivity contribution in [1.82, 2.24) is 0 Å². The number of rotatable bonds is 6. The lowest BCUT2D eigenvalue weighted by Gasteiger charge is -2.59. The maximum absolute atomic E-state index is 11.9. The van der Waals surface area contributed by atoms with Crippen molar-refractivity contribution in [3.63, 3.8) is 0 Å². The molecule has 0 radical (unpaired) electrons. The third-order valence-electron chi connectivity index (χ3n) is 8.43. The Hall–Kier alpha value is -2.96. The summed E-state index contributed by atoms with van der Waals surface area (Å²) in [5.41, 5.74) is 0.787. The van der Waals surface area contributed by atoms with Crippen molar-refractivity contribution in [3.05, 3.63) is 40.8 Å². The molecule has 2 aliphatic carbocycles. The van der Waals surface area contributed by atoms with Gasteiger partial charge in [0.05, 0.1) is 20.8 Å². The smallest absolute Gasteiger partial charge is 0.336 e. The van der Waals surface area contributed by atoms with Gasteiger partial charge in [0.15, 0.2) is 11.3 Å². The third-order valence-corrected chi connectivity index (χ3v) is 8.43. The highest BCUT2D eigenvalue weighted by molar-refractivity contribution is 5.88. The van der Waals surface area contributed by atoms with E-state index in [0.29, 0.717) is 40.7 Å². The first kappa shape index (κ1) is 25.1. The molecule has 0 saturated heterocycles. The van der Waals surface area contributed by atoms with Gasteiger partial charge in [-0.3, -0.25) is 4.79 Å². The molecule has 0 bridgehead atoms. The molecule has 1 aromatic heterocycles. The van der Waals surface area contributed by atoms with Gasteiger partial charge in [-0.1, -0.05) is 32.9 Å². The Kier molecular flexibility index (Phi) is 6.64. The van der Waals surface area contributed by atoms with Crippen molar-refractivity contribution in [1.29, 1.82) is 0 Å². The van der Waals surface area contributed by atoms with E-state index in [2.05, 4.69) is 27.4 Å². The molecular formula is C28H36O7. The van der Waals surface area contributed by atoms with Crippen LogP contribution in [0.2, 0.25) is 0 Å². The number of hydrogen-bond acceptors (Lipinski definition) is 7. The van der Waals surface area contributed by atoms with Crippen LogP contribution < -0.4 is 19.8 Å². The normalized spacial score (nSPS) is 27.7. The van der Waals surface area contributed by atoms with Crippen LogP contribution in [0.5, 0.6) is 17.2 Å². The summed E-state index contributed by atoms with van der Waals surface area (Å²) in [5.74, 6) is 1.44. The van der Waals surface area contributed by atoms with Gasteiger partial charge in [-0.25, -0.2) is 4.79 Å². The zero-order valence-corrected chi connectivity index (χ0v) is 21.6. The van der Waals surface area contributed by atoms with Crippen molar-refractivity contribution in [2.24, 2.45) is 22.7 Å². The third kappa shape index (κ3) is 4.30. The van der Waals surface area contributed by atoms with Gasteiger partial charge in [-0.2, -0.15) is 0 Å². The van der Waals surface area contributed by atoms with Gasteiger partial charge in [0.25, 0.3) is 0 Å². The molecular weight excluding hydrogens is 448 g/mol. The van der Waals surface area contributed by atoms with Crippen LogP contribution in [0.25, 0.3) is 11.0 Å². The van der Waals surface area contributed by atoms with Gasteiger partial charge >= 0.3 is 11.6 Å². The average molecular weight is 485 g/mol. The first-order chi connectivity index (χ1) is 16.5. The van der Waals surface area contributed by atoms with Crippen LogP contribution in [0.4, 0.5) is 0 Å². The minimum Gasteiger partial charge on any atom is -0.493 e. The van der Waals surface area contributed by atoms with Crippen LogP contribution in [0.1, 0.15) is 53.4 Å². The van der Waals surface area contributed by atoms with Gasteiger partial charge in [0.2, 0.25) is 11.5 Å². The van der Waals surface area contributed by atoms with Crippen LogP contribution in [0, 0.1) is 22.7 Å². The Bertz CT molecular complexity index is 1190. The topological polar surface area (TPSA) is 84.2 Å². The predicted octanol–water partition coefficient (Wildman–Crippen LogP) is 5.53. The number of methoxy groups -OCH3 is 2. The lowest BCUT2D eigenvalue weighted by Crippen LogP contribution is -2.56. The fraction of sp³-hybridized carbons (Fsp3) is 0.571. The van der Waals surface area contributed by atoms with E-state index in [1.54, 1.807) is 19.2 Å². The molecule has 0 spiro atoms. The molecule has 7 heteroatoms. The summed E-state index contributed by atoms with van der Waals surface area (Å²) in [5, 5.41) is 0.685. The molecule has 4 rings (SSSR count).